The first-order chi connectivity index (χ1) is 14.4. The molecule has 0 radical (unpaired) electrons. The minimum absolute atomic E-state index is 0.220. The van der Waals surface area contributed by atoms with Crippen molar-refractivity contribution in [1.82, 2.24) is 4.57 Å². The fraction of sp³-hybridized carbons (Fsp3) is 0.261. The predicted octanol–water partition coefficient (Wildman–Crippen LogP) is 3.12. The summed E-state index contributed by atoms with van der Waals surface area (Å²) in [5.41, 5.74) is 2.71. The lowest BCUT2D eigenvalue weighted by Gasteiger charge is -2.24. The maximum absolute atomic E-state index is 13.3. The molecular formula is C23H22N2O4S. The molecule has 30 heavy (non-hydrogen) atoms. The fourth-order valence-corrected chi connectivity index (χ4v) is 4.60. The maximum Gasteiger partial charge on any atom is 0.338 e. The zero-order chi connectivity index (χ0) is 21.4. The van der Waals surface area contributed by atoms with Gasteiger partial charge in [0.05, 0.1) is 35.2 Å². The second-order valence-electron chi connectivity index (χ2n) is 7.41. The van der Waals surface area contributed by atoms with Crippen molar-refractivity contribution in [2.45, 2.75) is 32.7 Å². The highest BCUT2D eigenvalue weighted by molar-refractivity contribution is 7.07. The van der Waals surface area contributed by atoms with Crippen LogP contribution in [0, 0.1) is 0 Å². The number of ether oxygens (including phenoxy) is 1. The number of carbonyl (C=O) groups excluding carboxylic acids is 1. The van der Waals surface area contributed by atoms with Gasteiger partial charge in [-0.05, 0) is 36.1 Å². The van der Waals surface area contributed by atoms with Gasteiger partial charge in [0.25, 0.3) is 5.56 Å². The summed E-state index contributed by atoms with van der Waals surface area (Å²) in [7, 11) is 1.34. The number of carbonyl (C=O) groups is 1. The molecule has 1 atom stereocenters. The summed E-state index contributed by atoms with van der Waals surface area (Å²) in [4.78, 5) is 31.1. The van der Waals surface area contributed by atoms with Gasteiger partial charge in [-0.3, -0.25) is 9.36 Å². The van der Waals surface area contributed by atoms with Gasteiger partial charge in [0.15, 0.2) is 4.80 Å². The van der Waals surface area contributed by atoms with E-state index in [2.05, 4.69) is 18.8 Å². The van der Waals surface area contributed by atoms with Gasteiger partial charge in [-0.1, -0.05) is 49.4 Å². The Labute approximate surface area is 177 Å². The van der Waals surface area contributed by atoms with Crippen LogP contribution in [0.25, 0.3) is 6.08 Å². The van der Waals surface area contributed by atoms with Gasteiger partial charge in [-0.2, -0.15) is 0 Å². The van der Waals surface area contributed by atoms with Crippen LogP contribution >= 0.6 is 11.3 Å². The Morgan fingerprint density at radius 1 is 1.27 bits per heavy atom. The van der Waals surface area contributed by atoms with Crippen molar-refractivity contribution in [3.8, 4) is 0 Å². The van der Waals surface area contributed by atoms with Gasteiger partial charge >= 0.3 is 5.97 Å². The van der Waals surface area contributed by atoms with E-state index in [0.29, 0.717) is 32.3 Å². The fourth-order valence-electron chi connectivity index (χ4n) is 3.57. The zero-order valence-electron chi connectivity index (χ0n) is 17.2. The number of furan rings is 1. The number of esters is 1. The molecule has 0 saturated carbocycles. The van der Waals surface area contributed by atoms with E-state index in [0.717, 1.165) is 5.56 Å². The lowest BCUT2D eigenvalue weighted by molar-refractivity contribution is -0.136. The van der Waals surface area contributed by atoms with Crippen LogP contribution in [0.15, 0.2) is 68.1 Å². The van der Waals surface area contributed by atoms with E-state index >= 15 is 0 Å². The number of allylic oxidation sites excluding steroid dienone is 1. The predicted molar refractivity (Wildman–Crippen MR) is 115 cm³/mol. The molecule has 3 heterocycles. The highest BCUT2D eigenvalue weighted by atomic mass is 32.1. The van der Waals surface area contributed by atoms with E-state index in [9.17, 15) is 9.59 Å². The molecule has 0 amide bonds. The van der Waals surface area contributed by atoms with Gasteiger partial charge in [-0.15, -0.1) is 0 Å². The smallest absolute Gasteiger partial charge is 0.338 e. The molecule has 7 heteroatoms. The summed E-state index contributed by atoms with van der Waals surface area (Å²) in [6.45, 7) is 6.01. The van der Waals surface area contributed by atoms with Crippen LogP contribution in [-0.4, -0.2) is 17.6 Å². The van der Waals surface area contributed by atoms with Gasteiger partial charge < -0.3 is 9.15 Å². The molecule has 2 aromatic heterocycles. The van der Waals surface area contributed by atoms with Gasteiger partial charge in [0.1, 0.15) is 5.76 Å². The van der Waals surface area contributed by atoms with E-state index < -0.39 is 12.0 Å². The third kappa shape index (κ3) is 3.45. The van der Waals surface area contributed by atoms with Crippen LogP contribution in [0.2, 0.25) is 0 Å². The summed E-state index contributed by atoms with van der Waals surface area (Å²) >= 11 is 1.27. The standard InChI is InChI=1S/C23H22N2O4S/c1-13(2)15-7-9-16(10-8-15)20-19(22(27)28-4)14(3)24-23-25(20)21(26)18(30-23)12-17-6-5-11-29-17/h5-13,20H,1-4H3/b18-12+. The molecule has 154 valence electrons. The van der Waals surface area contributed by atoms with E-state index in [1.54, 1.807) is 36.0 Å². The molecule has 0 N–H and O–H groups in total. The topological polar surface area (TPSA) is 73.8 Å². The second kappa shape index (κ2) is 7.91. The first-order valence-corrected chi connectivity index (χ1v) is 10.5. The number of rotatable bonds is 4. The number of benzene rings is 1. The van der Waals surface area contributed by atoms with Crippen LogP contribution in [-0.2, 0) is 9.53 Å². The molecule has 0 spiro atoms. The lowest BCUT2D eigenvalue weighted by atomic mass is 9.93. The molecule has 1 aliphatic rings. The van der Waals surface area contributed by atoms with E-state index in [-0.39, 0.29) is 5.56 Å². The summed E-state index contributed by atoms with van der Waals surface area (Å²) in [6, 6.07) is 10.9. The van der Waals surface area contributed by atoms with Crippen LogP contribution in [0.5, 0.6) is 0 Å². The van der Waals surface area contributed by atoms with Crippen molar-refractivity contribution in [1.29, 1.82) is 0 Å². The number of hydrogen-bond donors (Lipinski definition) is 0. The molecule has 6 nitrogen and oxygen atoms in total. The van der Waals surface area contributed by atoms with Crippen LogP contribution in [0.4, 0.5) is 0 Å². The second-order valence-corrected chi connectivity index (χ2v) is 8.42. The molecule has 0 bridgehead atoms. The Hall–Kier alpha value is -3.19. The lowest BCUT2D eigenvalue weighted by Crippen LogP contribution is -2.39. The highest BCUT2D eigenvalue weighted by Gasteiger charge is 2.33. The van der Waals surface area contributed by atoms with Gasteiger partial charge in [0.2, 0.25) is 0 Å². The Balaban J connectivity index is 1.95. The van der Waals surface area contributed by atoms with Crippen LogP contribution in [0.3, 0.4) is 0 Å². The number of hydrogen-bond acceptors (Lipinski definition) is 6. The van der Waals surface area contributed by atoms with Crippen LogP contribution < -0.4 is 14.9 Å². The van der Waals surface area contributed by atoms with Crippen molar-refractivity contribution in [2.24, 2.45) is 4.99 Å². The molecule has 0 saturated heterocycles. The Morgan fingerprint density at radius 3 is 2.60 bits per heavy atom. The third-order valence-electron chi connectivity index (χ3n) is 5.16. The highest BCUT2D eigenvalue weighted by Crippen LogP contribution is 2.31. The van der Waals surface area contributed by atoms with Crippen molar-refractivity contribution in [2.75, 3.05) is 7.11 Å². The minimum atomic E-state index is -0.603. The van der Waals surface area contributed by atoms with Crippen molar-refractivity contribution in [3.05, 3.63) is 90.5 Å². The molecule has 1 aliphatic heterocycles. The summed E-state index contributed by atoms with van der Waals surface area (Å²) in [6.07, 6.45) is 3.25. The van der Waals surface area contributed by atoms with Gasteiger partial charge in [0, 0.05) is 6.08 Å². The Bertz CT molecular complexity index is 1290. The van der Waals surface area contributed by atoms with E-state index in [1.165, 1.54) is 24.0 Å². The molecule has 0 aliphatic carbocycles. The van der Waals surface area contributed by atoms with Crippen molar-refractivity contribution < 1.29 is 13.9 Å². The van der Waals surface area contributed by atoms with Crippen LogP contribution in [0.1, 0.15) is 49.6 Å². The van der Waals surface area contributed by atoms with Crippen molar-refractivity contribution in [3.63, 3.8) is 0 Å². The molecular weight excluding hydrogens is 400 g/mol. The van der Waals surface area contributed by atoms with Gasteiger partial charge in [-0.25, -0.2) is 9.79 Å². The zero-order valence-corrected chi connectivity index (χ0v) is 18.0. The SMILES string of the molecule is COC(=O)C1=C(C)N=c2s/c(=C/c3ccco3)c(=O)n2C1c1ccc(C(C)C)cc1. The first-order valence-electron chi connectivity index (χ1n) is 9.65. The largest absolute Gasteiger partial charge is 0.466 e. The summed E-state index contributed by atoms with van der Waals surface area (Å²) in [5.74, 6) is 0.475. The van der Waals surface area contributed by atoms with Crippen molar-refractivity contribution >= 4 is 23.4 Å². The Morgan fingerprint density at radius 2 is 2.00 bits per heavy atom. The average molecular weight is 423 g/mol. The minimum Gasteiger partial charge on any atom is -0.466 e. The normalized spacial score (nSPS) is 16.6. The Kier molecular flexibility index (Phi) is 5.30. The quantitative estimate of drug-likeness (QED) is 0.606. The number of fused-ring (bicyclic) bond motifs is 1. The third-order valence-corrected chi connectivity index (χ3v) is 6.15. The summed E-state index contributed by atoms with van der Waals surface area (Å²) in [5, 5.41) is 0. The molecule has 1 unspecified atom stereocenters. The van der Waals surface area contributed by atoms with E-state index in [1.807, 2.05) is 24.3 Å². The number of aromatic nitrogens is 1. The average Bonchev–Trinajstić information content (AvgIpc) is 3.35. The molecule has 0 fully saturated rings. The number of methoxy groups -OCH3 is 1. The molecule has 1 aromatic carbocycles. The first kappa shape index (κ1) is 20.1. The molecule has 4 rings (SSSR count). The number of nitrogens with zero attached hydrogens (tertiary/aromatic N) is 2. The summed E-state index contributed by atoms with van der Waals surface area (Å²) < 4.78 is 12.5. The maximum atomic E-state index is 13.3. The van der Waals surface area contributed by atoms with E-state index in [4.69, 9.17) is 9.15 Å². The monoisotopic (exact) mass is 422 g/mol. The number of thiazole rings is 1. The molecule has 3 aromatic rings.